The van der Waals surface area contributed by atoms with E-state index in [1.54, 1.807) is 6.20 Å². The molecule has 0 bridgehead atoms. The van der Waals surface area contributed by atoms with Crippen molar-refractivity contribution >= 4 is 21.7 Å². The SMILES string of the molecule is Nc1[nH]ncc1-c1c(Br)ccc2c1OCCO2. The van der Waals surface area contributed by atoms with Crippen molar-refractivity contribution < 1.29 is 9.47 Å². The van der Waals surface area contributed by atoms with Crippen LogP contribution in [0.15, 0.2) is 22.8 Å². The molecule has 3 rings (SSSR count). The van der Waals surface area contributed by atoms with Crippen LogP contribution in [0.4, 0.5) is 5.82 Å². The van der Waals surface area contributed by atoms with E-state index in [-0.39, 0.29) is 0 Å². The van der Waals surface area contributed by atoms with E-state index < -0.39 is 0 Å². The van der Waals surface area contributed by atoms with Crippen molar-refractivity contribution in [1.29, 1.82) is 0 Å². The topological polar surface area (TPSA) is 73.2 Å². The molecular weight excluding hydrogens is 286 g/mol. The minimum Gasteiger partial charge on any atom is -0.486 e. The third-order valence-electron chi connectivity index (χ3n) is 2.60. The van der Waals surface area contributed by atoms with E-state index in [1.807, 2.05) is 12.1 Å². The van der Waals surface area contributed by atoms with Crippen LogP contribution in [0, 0.1) is 0 Å². The van der Waals surface area contributed by atoms with Gasteiger partial charge in [-0.15, -0.1) is 0 Å². The maximum Gasteiger partial charge on any atom is 0.170 e. The van der Waals surface area contributed by atoms with Crippen molar-refractivity contribution in [3.05, 3.63) is 22.8 Å². The van der Waals surface area contributed by atoms with E-state index in [9.17, 15) is 0 Å². The molecule has 0 radical (unpaired) electrons. The molecule has 17 heavy (non-hydrogen) atoms. The molecule has 1 aliphatic rings. The van der Waals surface area contributed by atoms with Gasteiger partial charge in [0.05, 0.1) is 6.20 Å². The van der Waals surface area contributed by atoms with Crippen molar-refractivity contribution in [2.24, 2.45) is 0 Å². The predicted octanol–water partition coefficient (Wildman–Crippen LogP) is 2.19. The summed E-state index contributed by atoms with van der Waals surface area (Å²) in [5.74, 6) is 1.95. The molecule has 2 heterocycles. The zero-order chi connectivity index (χ0) is 11.8. The van der Waals surface area contributed by atoms with Crippen LogP contribution in [0.25, 0.3) is 11.1 Å². The predicted molar refractivity (Wildman–Crippen MR) is 67.1 cm³/mol. The maximum absolute atomic E-state index is 5.84. The number of hydrogen-bond acceptors (Lipinski definition) is 4. The Bertz CT molecular complexity index is 568. The summed E-state index contributed by atoms with van der Waals surface area (Å²) in [6, 6.07) is 3.79. The first-order valence-corrected chi connectivity index (χ1v) is 5.94. The first-order valence-electron chi connectivity index (χ1n) is 5.14. The third-order valence-corrected chi connectivity index (χ3v) is 3.26. The molecule has 6 heteroatoms. The molecule has 88 valence electrons. The number of H-pyrrole nitrogens is 1. The fraction of sp³-hybridized carbons (Fsp3) is 0.182. The summed E-state index contributed by atoms with van der Waals surface area (Å²) in [7, 11) is 0. The van der Waals surface area contributed by atoms with Gasteiger partial charge in [0.25, 0.3) is 0 Å². The number of aromatic amines is 1. The highest BCUT2D eigenvalue weighted by atomic mass is 79.9. The van der Waals surface area contributed by atoms with E-state index in [2.05, 4.69) is 26.1 Å². The summed E-state index contributed by atoms with van der Waals surface area (Å²) in [4.78, 5) is 0. The molecular formula is C11H10BrN3O2. The monoisotopic (exact) mass is 295 g/mol. The number of aromatic nitrogens is 2. The van der Waals surface area contributed by atoms with Crippen LogP contribution < -0.4 is 15.2 Å². The minimum atomic E-state index is 0.508. The number of rotatable bonds is 1. The summed E-state index contributed by atoms with van der Waals surface area (Å²) >= 11 is 3.50. The number of ether oxygens (including phenoxy) is 2. The number of halogens is 1. The van der Waals surface area contributed by atoms with Gasteiger partial charge in [0.2, 0.25) is 0 Å². The summed E-state index contributed by atoms with van der Waals surface area (Å²) in [5.41, 5.74) is 7.51. The molecule has 0 aliphatic carbocycles. The van der Waals surface area contributed by atoms with Crippen LogP contribution in [-0.4, -0.2) is 23.4 Å². The van der Waals surface area contributed by atoms with Crippen LogP contribution in [0.3, 0.4) is 0 Å². The van der Waals surface area contributed by atoms with E-state index in [0.717, 1.165) is 21.3 Å². The highest BCUT2D eigenvalue weighted by Gasteiger charge is 2.21. The molecule has 0 amide bonds. The molecule has 2 aromatic rings. The molecule has 0 unspecified atom stereocenters. The molecule has 0 fully saturated rings. The lowest BCUT2D eigenvalue weighted by Gasteiger charge is -2.21. The molecule has 1 aromatic heterocycles. The van der Waals surface area contributed by atoms with Gasteiger partial charge >= 0.3 is 0 Å². The second-order valence-electron chi connectivity index (χ2n) is 3.64. The van der Waals surface area contributed by atoms with Crippen LogP contribution in [0.5, 0.6) is 11.5 Å². The van der Waals surface area contributed by atoms with E-state index in [4.69, 9.17) is 15.2 Å². The Kier molecular flexibility index (Phi) is 2.44. The molecule has 0 saturated carbocycles. The zero-order valence-corrected chi connectivity index (χ0v) is 10.5. The second kappa shape index (κ2) is 3.96. The number of benzene rings is 1. The van der Waals surface area contributed by atoms with Gasteiger partial charge in [-0.05, 0) is 12.1 Å². The minimum absolute atomic E-state index is 0.508. The van der Waals surface area contributed by atoms with Crippen LogP contribution in [0.1, 0.15) is 0 Å². The first kappa shape index (κ1) is 10.5. The van der Waals surface area contributed by atoms with Crippen LogP contribution in [0.2, 0.25) is 0 Å². The molecule has 1 aromatic carbocycles. The average molecular weight is 296 g/mol. The quantitative estimate of drug-likeness (QED) is 0.846. The Morgan fingerprint density at radius 2 is 2.12 bits per heavy atom. The number of hydrogen-bond donors (Lipinski definition) is 2. The zero-order valence-electron chi connectivity index (χ0n) is 8.87. The maximum atomic E-state index is 5.84. The molecule has 1 aliphatic heterocycles. The Morgan fingerprint density at radius 1 is 1.29 bits per heavy atom. The smallest absolute Gasteiger partial charge is 0.170 e. The number of nitrogens with one attached hydrogen (secondary N) is 1. The highest BCUT2D eigenvalue weighted by Crippen LogP contribution is 2.45. The number of fused-ring (bicyclic) bond motifs is 1. The lowest BCUT2D eigenvalue weighted by Crippen LogP contribution is -2.16. The fourth-order valence-corrected chi connectivity index (χ4v) is 2.36. The molecule has 0 atom stereocenters. The summed E-state index contributed by atoms with van der Waals surface area (Å²) < 4.78 is 12.1. The van der Waals surface area contributed by atoms with Gasteiger partial charge in [0.1, 0.15) is 19.0 Å². The van der Waals surface area contributed by atoms with Crippen LogP contribution >= 0.6 is 15.9 Å². The average Bonchev–Trinajstić information content (AvgIpc) is 2.75. The van der Waals surface area contributed by atoms with E-state index >= 15 is 0 Å². The lowest BCUT2D eigenvalue weighted by atomic mass is 10.1. The van der Waals surface area contributed by atoms with Crippen molar-refractivity contribution in [1.82, 2.24) is 10.2 Å². The molecule has 0 spiro atoms. The van der Waals surface area contributed by atoms with Gasteiger partial charge in [-0.25, -0.2) is 0 Å². The highest BCUT2D eigenvalue weighted by molar-refractivity contribution is 9.10. The lowest BCUT2D eigenvalue weighted by molar-refractivity contribution is 0.172. The Labute approximate surface area is 106 Å². The van der Waals surface area contributed by atoms with Crippen LogP contribution in [-0.2, 0) is 0 Å². The second-order valence-corrected chi connectivity index (χ2v) is 4.50. The third kappa shape index (κ3) is 1.64. The van der Waals surface area contributed by atoms with Crippen molar-refractivity contribution in [3.8, 4) is 22.6 Å². The number of nitrogen functional groups attached to an aromatic ring is 1. The first-order chi connectivity index (χ1) is 8.27. The van der Waals surface area contributed by atoms with Gasteiger partial charge in [0.15, 0.2) is 11.5 Å². The van der Waals surface area contributed by atoms with Crippen molar-refractivity contribution in [2.45, 2.75) is 0 Å². The van der Waals surface area contributed by atoms with Gasteiger partial charge < -0.3 is 15.2 Å². The molecule has 5 nitrogen and oxygen atoms in total. The van der Waals surface area contributed by atoms with Gasteiger partial charge in [-0.1, -0.05) is 15.9 Å². The standard InChI is InChI=1S/C11H10BrN3O2/c12-7-1-2-8-10(17-4-3-16-8)9(7)6-5-14-15-11(6)13/h1-2,5H,3-4H2,(H3,13,14,15). The summed E-state index contributed by atoms with van der Waals surface area (Å²) in [6.45, 7) is 1.10. The normalized spacial score (nSPS) is 13.7. The Morgan fingerprint density at radius 3 is 2.88 bits per heavy atom. The van der Waals surface area contributed by atoms with Gasteiger partial charge in [0, 0.05) is 15.6 Å². The summed E-state index contributed by atoms with van der Waals surface area (Å²) in [6.07, 6.45) is 1.67. The molecule has 0 saturated heterocycles. The number of anilines is 1. The van der Waals surface area contributed by atoms with Crippen molar-refractivity contribution in [3.63, 3.8) is 0 Å². The number of nitrogens with zero attached hydrogens (tertiary/aromatic N) is 1. The Balaban J connectivity index is 2.25. The fourth-order valence-electron chi connectivity index (χ4n) is 1.84. The van der Waals surface area contributed by atoms with Gasteiger partial charge in [-0.2, -0.15) is 5.10 Å². The van der Waals surface area contributed by atoms with E-state index in [1.165, 1.54) is 0 Å². The van der Waals surface area contributed by atoms with Crippen molar-refractivity contribution in [2.75, 3.05) is 18.9 Å². The van der Waals surface area contributed by atoms with E-state index in [0.29, 0.717) is 24.8 Å². The van der Waals surface area contributed by atoms with Gasteiger partial charge in [-0.3, -0.25) is 5.10 Å². The number of nitrogens with two attached hydrogens (primary N) is 1. The molecule has 3 N–H and O–H groups in total. The summed E-state index contributed by atoms with van der Waals surface area (Å²) in [5, 5.41) is 6.63. The largest absolute Gasteiger partial charge is 0.486 e. The Hall–Kier alpha value is -1.69.